The minimum atomic E-state index is -1.50. The fourth-order valence-electron chi connectivity index (χ4n) is 2.33. The van der Waals surface area contributed by atoms with Gasteiger partial charge in [-0.3, -0.25) is 9.59 Å². The molecule has 134 valence electrons. The predicted molar refractivity (Wildman–Crippen MR) is 94.0 cm³/mol. The van der Waals surface area contributed by atoms with Crippen molar-refractivity contribution in [3.05, 3.63) is 77.4 Å². The zero-order valence-corrected chi connectivity index (χ0v) is 13.9. The lowest BCUT2D eigenvalue weighted by Gasteiger charge is -2.13. The van der Waals surface area contributed by atoms with Crippen molar-refractivity contribution < 1.29 is 29.3 Å². The molecule has 2 rings (SSSR count). The number of ether oxygens (including phenoxy) is 1. The lowest BCUT2D eigenvalue weighted by Crippen LogP contribution is -2.25. The molecule has 0 radical (unpaired) electrons. The van der Waals surface area contributed by atoms with Crippen LogP contribution in [0.15, 0.2) is 66.2 Å². The second-order valence-electron chi connectivity index (χ2n) is 5.56. The highest BCUT2D eigenvalue weighted by molar-refractivity contribution is 5.99. The van der Waals surface area contributed by atoms with Crippen LogP contribution in [0.5, 0.6) is 0 Å². The molecule has 0 saturated carbocycles. The summed E-state index contributed by atoms with van der Waals surface area (Å²) < 4.78 is 5.07. The number of carboxylic acid groups (broad SMARTS) is 2. The van der Waals surface area contributed by atoms with Crippen LogP contribution in [0.4, 0.5) is 0 Å². The van der Waals surface area contributed by atoms with Crippen LogP contribution < -0.4 is 0 Å². The molecule has 0 saturated heterocycles. The van der Waals surface area contributed by atoms with Gasteiger partial charge in [0.15, 0.2) is 0 Å². The molecule has 0 aliphatic carbocycles. The van der Waals surface area contributed by atoms with Crippen LogP contribution in [0.2, 0.25) is 0 Å². The van der Waals surface area contributed by atoms with Crippen molar-refractivity contribution in [2.75, 3.05) is 0 Å². The van der Waals surface area contributed by atoms with Crippen molar-refractivity contribution in [3.8, 4) is 0 Å². The Bertz CT molecular complexity index is 796. The summed E-state index contributed by atoms with van der Waals surface area (Å²) in [7, 11) is 0. The first kappa shape index (κ1) is 18.9. The largest absolute Gasteiger partial charge is 0.481 e. The first-order valence-corrected chi connectivity index (χ1v) is 7.89. The van der Waals surface area contributed by atoms with Gasteiger partial charge in [0.05, 0.1) is 17.9 Å². The van der Waals surface area contributed by atoms with E-state index in [1.54, 1.807) is 54.6 Å². The fourth-order valence-corrected chi connectivity index (χ4v) is 2.33. The number of carboxylic acids is 2. The van der Waals surface area contributed by atoms with Gasteiger partial charge in [-0.1, -0.05) is 60.7 Å². The van der Waals surface area contributed by atoms with Crippen LogP contribution in [-0.2, 0) is 25.7 Å². The molecule has 0 bridgehead atoms. The van der Waals surface area contributed by atoms with Gasteiger partial charge in [-0.2, -0.15) is 0 Å². The van der Waals surface area contributed by atoms with Crippen molar-refractivity contribution in [1.82, 2.24) is 0 Å². The summed E-state index contributed by atoms with van der Waals surface area (Å²) >= 11 is 0. The lowest BCUT2D eigenvalue weighted by atomic mass is 9.93. The van der Waals surface area contributed by atoms with E-state index in [4.69, 9.17) is 4.74 Å². The van der Waals surface area contributed by atoms with Crippen LogP contribution in [0, 0.1) is 5.92 Å². The quantitative estimate of drug-likeness (QED) is 0.558. The summed E-state index contributed by atoms with van der Waals surface area (Å²) in [4.78, 5) is 35.1. The Balaban J connectivity index is 2.12. The zero-order chi connectivity index (χ0) is 18.9. The van der Waals surface area contributed by atoms with Gasteiger partial charge in [0.25, 0.3) is 0 Å². The Kier molecular flexibility index (Phi) is 6.68. The van der Waals surface area contributed by atoms with Gasteiger partial charge in [-0.05, 0) is 17.2 Å². The van der Waals surface area contributed by atoms with Crippen LogP contribution in [0.3, 0.4) is 0 Å². The number of rotatable bonds is 8. The van der Waals surface area contributed by atoms with Crippen molar-refractivity contribution in [1.29, 1.82) is 0 Å². The third kappa shape index (κ3) is 5.59. The molecule has 0 spiro atoms. The monoisotopic (exact) mass is 354 g/mol. The molecule has 0 aromatic heterocycles. The molecule has 2 N–H and O–H groups in total. The molecule has 2 aromatic rings. The number of hydrogen-bond acceptors (Lipinski definition) is 4. The Morgan fingerprint density at radius 3 is 2.04 bits per heavy atom. The molecule has 1 unspecified atom stereocenters. The van der Waals surface area contributed by atoms with E-state index in [0.29, 0.717) is 5.56 Å². The van der Waals surface area contributed by atoms with E-state index in [2.05, 4.69) is 0 Å². The van der Waals surface area contributed by atoms with Crippen molar-refractivity contribution in [3.63, 3.8) is 0 Å². The summed E-state index contributed by atoms with van der Waals surface area (Å²) in [5, 5.41) is 18.8. The first-order valence-electron chi connectivity index (χ1n) is 7.89. The van der Waals surface area contributed by atoms with Gasteiger partial charge >= 0.3 is 17.9 Å². The average molecular weight is 354 g/mol. The van der Waals surface area contributed by atoms with Gasteiger partial charge in [0, 0.05) is 0 Å². The maximum atomic E-state index is 12.0. The van der Waals surface area contributed by atoms with E-state index in [1.165, 1.54) is 6.08 Å². The van der Waals surface area contributed by atoms with E-state index in [1.807, 2.05) is 6.07 Å². The third-order valence-electron chi connectivity index (χ3n) is 3.66. The van der Waals surface area contributed by atoms with E-state index in [-0.39, 0.29) is 12.2 Å². The molecule has 2 aromatic carbocycles. The Hall–Kier alpha value is -3.41. The molecule has 6 heteroatoms. The maximum absolute atomic E-state index is 12.0. The molecule has 6 nitrogen and oxygen atoms in total. The van der Waals surface area contributed by atoms with E-state index in [9.17, 15) is 24.6 Å². The Morgan fingerprint density at radius 2 is 1.50 bits per heavy atom. The third-order valence-corrected chi connectivity index (χ3v) is 3.66. The minimum absolute atomic E-state index is 0.00316. The molecular weight excluding hydrogens is 336 g/mol. The molecular formula is C20H18O6. The maximum Gasteiger partial charge on any atom is 0.332 e. The lowest BCUT2D eigenvalue weighted by molar-refractivity contribution is -0.152. The summed E-state index contributed by atoms with van der Waals surface area (Å²) in [5.41, 5.74) is 0.917. The zero-order valence-electron chi connectivity index (χ0n) is 13.9. The minimum Gasteiger partial charge on any atom is -0.481 e. The van der Waals surface area contributed by atoms with Crippen molar-refractivity contribution >= 4 is 24.0 Å². The van der Waals surface area contributed by atoms with E-state index in [0.717, 1.165) is 5.56 Å². The number of carbonyl (C=O) groups is 3. The van der Waals surface area contributed by atoms with Gasteiger partial charge in [0.1, 0.15) is 6.61 Å². The second kappa shape index (κ2) is 9.17. The summed E-state index contributed by atoms with van der Waals surface area (Å²) in [6, 6.07) is 17.4. The number of aliphatic carboxylic acids is 2. The first-order chi connectivity index (χ1) is 12.5. The van der Waals surface area contributed by atoms with Gasteiger partial charge in [-0.15, -0.1) is 0 Å². The SMILES string of the molecule is O=C(CC(C(=O)O)C(=Cc1ccccc1)C(=O)O)OCc1ccccc1. The summed E-state index contributed by atoms with van der Waals surface area (Å²) in [6.45, 7) is -0.00316. The van der Waals surface area contributed by atoms with Crippen molar-refractivity contribution in [2.45, 2.75) is 13.0 Å². The number of esters is 1. The molecule has 0 heterocycles. The van der Waals surface area contributed by atoms with Crippen LogP contribution >= 0.6 is 0 Å². The number of benzene rings is 2. The fraction of sp³-hybridized carbons (Fsp3) is 0.150. The Morgan fingerprint density at radius 1 is 0.923 bits per heavy atom. The normalized spacial score (nSPS) is 12.2. The molecule has 0 fully saturated rings. The standard InChI is InChI=1S/C20H18O6/c21-18(26-13-15-9-5-2-6-10-15)12-17(20(24)25)16(19(22)23)11-14-7-3-1-4-8-14/h1-11,17H,12-13H2,(H,22,23)(H,24,25). The molecule has 1 atom stereocenters. The van der Waals surface area contributed by atoms with E-state index >= 15 is 0 Å². The van der Waals surface area contributed by atoms with Gasteiger partial charge in [0.2, 0.25) is 0 Å². The number of hydrogen-bond donors (Lipinski definition) is 2. The molecule has 0 aliphatic rings. The summed E-state index contributed by atoms with van der Waals surface area (Å²) in [6.07, 6.45) is 0.693. The van der Waals surface area contributed by atoms with Crippen LogP contribution in [0.25, 0.3) is 6.08 Å². The highest BCUT2D eigenvalue weighted by Crippen LogP contribution is 2.21. The van der Waals surface area contributed by atoms with Gasteiger partial charge < -0.3 is 14.9 Å². The average Bonchev–Trinajstić information content (AvgIpc) is 2.64. The highest BCUT2D eigenvalue weighted by Gasteiger charge is 2.30. The molecule has 0 amide bonds. The number of carbonyl (C=O) groups excluding carboxylic acids is 1. The smallest absolute Gasteiger partial charge is 0.332 e. The Labute approximate surface area is 150 Å². The molecule has 26 heavy (non-hydrogen) atoms. The topological polar surface area (TPSA) is 101 Å². The summed E-state index contributed by atoms with van der Waals surface area (Å²) in [5.74, 6) is -5.07. The predicted octanol–water partition coefficient (Wildman–Crippen LogP) is 2.99. The molecule has 0 aliphatic heterocycles. The van der Waals surface area contributed by atoms with E-state index < -0.39 is 30.2 Å². The van der Waals surface area contributed by atoms with Crippen molar-refractivity contribution in [2.24, 2.45) is 5.92 Å². The van der Waals surface area contributed by atoms with Crippen LogP contribution in [-0.4, -0.2) is 28.1 Å². The van der Waals surface area contributed by atoms with Crippen LogP contribution in [0.1, 0.15) is 17.5 Å². The highest BCUT2D eigenvalue weighted by atomic mass is 16.5. The second-order valence-corrected chi connectivity index (χ2v) is 5.56. The van der Waals surface area contributed by atoms with Gasteiger partial charge in [-0.25, -0.2) is 4.79 Å².